The third-order valence-electron chi connectivity index (χ3n) is 10.4. The van der Waals surface area contributed by atoms with E-state index in [1.807, 2.05) is 0 Å². The fourth-order valence-electron chi connectivity index (χ4n) is 6.61. The number of carbonyl (C=O) groups is 3. The van der Waals surface area contributed by atoms with Crippen LogP contribution in [0.5, 0.6) is 0 Å². The molecule has 0 aromatic rings. The van der Waals surface area contributed by atoms with Gasteiger partial charge in [-0.3, -0.25) is 14.4 Å². The van der Waals surface area contributed by atoms with Gasteiger partial charge in [-0.15, -0.1) is 0 Å². The smallest absolute Gasteiger partial charge is 0.306 e. The zero-order valence-electron chi connectivity index (χ0n) is 39.7. The van der Waals surface area contributed by atoms with Gasteiger partial charge in [-0.2, -0.15) is 0 Å². The number of ether oxygens (including phenoxy) is 3. The van der Waals surface area contributed by atoms with Crippen LogP contribution >= 0.6 is 0 Å². The van der Waals surface area contributed by atoms with Crippen LogP contribution in [0.25, 0.3) is 0 Å². The summed E-state index contributed by atoms with van der Waals surface area (Å²) in [4.78, 5) is 37.6. The first-order valence-corrected chi connectivity index (χ1v) is 25.1. The molecule has 0 fully saturated rings. The largest absolute Gasteiger partial charge is 0.462 e. The summed E-state index contributed by atoms with van der Waals surface area (Å²) < 4.78 is 16.6. The summed E-state index contributed by atoms with van der Waals surface area (Å²) in [5.74, 6) is -0.947. The Hall–Kier alpha value is -3.41. The fraction of sp³-hybridized carbons (Fsp3) is 0.691. The molecule has 0 bridgehead atoms. The minimum atomic E-state index is -0.791. The minimum Gasteiger partial charge on any atom is -0.462 e. The monoisotopic (exact) mass is 849 g/mol. The minimum absolute atomic E-state index is 0.0927. The summed E-state index contributed by atoms with van der Waals surface area (Å²) in [5.41, 5.74) is 0. The topological polar surface area (TPSA) is 78.9 Å². The van der Waals surface area contributed by atoms with Crippen LogP contribution < -0.4 is 0 Å². The Balaban J connectivity index is 4.25. The van der Waals surface area contributed by atoms with E-state index in [9.17, 15) is 14.4 Å². The Morgan fingerprint density at radius 2 is 0.639 bits per heavy atom. The van der Waals surface area contributed by atoms with Crippen LogP contribution in [0.4, 0.5) is 0 Å². The predicted octanol–water partition coefficient (Wildman–Crippen LogP) is 16.4. The van der Waals surface area contributed by atoms with E-state index in [1.165, 1.54) is 57.8 Å². The molecule has 348 valence electrons. The summed E-state index contributed by atoms with van der Waals surface area (Å²) in [6.07, 6.45) is 63.1. The van der Waals surface area contributed by atoms with Crippen LogP contribution in [0.2, 0.25) is 0 Å². The zero-order valence-corrected chi connectivity index (χ0v) is 39.7. The second-order valence-electron chi connectivity index (χ2n) is 16.3. The van der Waals surface area contributed by atoms with Gasteiger partial charge in [0.25, 0.3) is 0 Å². The second-order valence-corrected chi connectivity index (χ2v) is 16.3. The molecular weight excluding hydrogens is 757 g/mol. The van der Waals surface area contributed by atoms with Crippen molar-refractivity contribution in [1.29, 1.82) is 0 Å². The highest BCUT2D eigenvalue weighted by molar-refractivity contribution is 5.71. The molecule has 0 heterocycles. The Morgan fingerprint density at radius 3 is 1.00 bits per heavy atom. The second kappa shape index (κ2) is 49.2. The molecule has 0 aliphatic rings. The number of rotatable bonds is 44. The van der Waals surface area contributed by atoms with Crippen molar-refractivity contribution < 1.29 is 28.6 Å². The third kappa shape index (κ3) is 47.5. The highest BCUT2D eigenvalue weighted by atomic mass is 16.6. The van der Waals surface area contributed by atoms with Crippen molar-refractivity contribution in [3.8, 4) is 0 Å². The van der Waals surface area contributed by atoms with Gasteiger partial charge in [0.15, 0.2) is 6.10 Å². The van der Waals surface area contributed by atoms with Crippen LogP contribution in [0.3, 0.4) is 0 Å². The Morgan fingerprint density at radius 1 is 0.344 bits per heavy atom. The standard InChI is InChI=1S/C55H92O6/c1-4-7-10-13-15-17-19-21-23-25-26-27-28-30-31-33-35-37-39-42-45-48-54(57)60-51-52(50-59-53(56)47-44-41-12-9-6-3)61-55(58)49-46-43-40-38-36-34-32-29-24-22-20-18-16-14-11-8-5-2/h8,11,16,18-19,21-22,24-26,28,30,32,34,52H,4-7,9-10,12-15,17,20,23,27,29,31,33,35-51H2,1-3H3/b11-8-,18-16-,21-19-,24-22-,26-25-,30-28-,34-32-. The summed E-state index contributed by atoms with van der Waals surface area (Å²) in [6, 6.07) is 0. The molecule has 0 saturated heterocycles. The maximum Gasteiger partial charge on any atom is 0.306 e. The van der Waals surface area contributed by atoms with Crippen molar-refractivity contribution in [2.45, 2.75) is 232 Å². The molecule has 0 amide bonds. The van der Waals surface area contributed by atoms with Crippen molar-refractivity contribution in [2.24, 2.45) is 0 Å². The van der Waals surface area contributed by atoms with Gasteiger partial charge in [0, 0.05) is 19.3 Å². The Labute approximate surface area is 375 Å². The lowest BCUT2D eigenvalue weighted by Crippen LogP contribution is -2.30. The van der Waals surface area contributed by atoms with Crippen LogP contribution in [0, 0.1) is 0 Å². The molecule has 0 saturated carbocycles. The number of allylic oxidation sites excluding steroid dienone is 14. The van der Waals surface area contributed by atoms with E-state index in [0.717, 1.165) is 128 Å². The lowest BCUT2D eigenvalue weighted by Gasteiger charge is -2.18. The lowest BCUT2D eigenvalue weighted by atomic mass is 10.1. The Kier molecular flexibility index (Phi) is 46.5. The molecule has 0 aromatic heterocycles. The molecular formula is C55H92O6. The van der Waals surface area contributed by atoms with Crippen molar-refractivity contribution in [3.05, 3.63) is 85.1 Å². The molecule has 0 aliphatic heterocycles. The lowest BCUT2D eigenvalue weighted by molar-refractivity contribution is -0.167. The summed E-state index contributed by atoms with van der Waals surface area (Å²) in [7, 11) is 0. The van der Waals surface area contributed by atoms with E-state index in [4.69, 9.17) is 14.2 Å². The first-order chi connectivity index (χ1) is 30.0. The average Bonchev–Trinajstić information content (AvgIpc) is 3.26. The van der Waals surface area contributed by atoms with Crippen molar-refractivity contribution in [3.63, 3.8) is 0 Å². The van der Waals surface area contributed by atoms with Crippen LogP contribution in [0.15, 0.2) is 85.1 Å². The molecule has 0 aliphatic carbocycles. The molecule has 0 spiro atoms. The first kappa shape index (κ1) is 57.6. The van der Waals surface area contributed by atoms with E-state index >= 15 is 0 Å². The van der Waals surface area contributed by atoms with E-state index in [-0.39, 0.29) is 31.1 Å². The highest BCUT2D eigenvalue weighted by Crippen LogP contribution is 2.13. The van der Waals surface area contributed by atoms with Gasteiger partial charge < -0.3 is 14.2 Å². The van der Waals surface area contributed by atoms with Gasteiger partial charge in [-0.1, -0.05) is 196 Å². The van der Waals surface area contributed by atoms with Gasteiger partial charge in [0.1, 0.15) is 13.2 Å². The number of esters is 3. The zero-order chi connectivity index (χ0) is 44.4. The van der Waals surface area contributed by atoms with E-state index in [2.05, 4.69) is 106 Å². The molecule has 0 aromatic carbocycles. The van der Waals surface area contributed by atoms with E-state index < -0.39 is 6.10 Å². The van der Waals surface area contributed by atoms with E-state index in [0.29, 0.717) is 19.3 Å². The molecule has 6 heteroatoms. The molecule has 61 heavy (non-hydrogen) atoms. The highest BCUT2D eigenvalue weighted by Gasteiger charge is 2.19. The number of unbranched alkanes of at least 4 members (excludes halogenated alkanes) is 19. The molecule has 1 unspecified atom stereocenters. The van der Waals surface area contributed by atoms with Crippen LogP contribution in [-0.4, -0.2) is 37.2 Å². The van der Waals surface area contributed by atoms with Gasteiger partial charge >= 0.3 is 17.9 Å². The number of hydrogen-bond donors (Lipinski definition) is 0. The molecule has 1 atom stereocenters. The Bertz CT molecular complexity index is 1200. The van der Waals surface area contributed by atoms with Crippen molar-refractivity contribution >= 4 is 17.9 Å². The van der Waals surface area contributed by atoms with E-state index in [1.54, 1.807) is 0 Å². The number of carbonyl (C=O) groups excluding carboxylic acids is 3. The maximum absolute atomic E-state index is 12.7. The normalized spacial score (nSPS) is 12.8. The first-order valence-electron chi connectivity index (χ1n) is 25.1. The third-order valence-corrected chi connectivity index (χ3v) is 10.4. The van der Waals surface area contributed by atoms with Gasteiger partial charge in [0.05, 0.1) is 0 Å². The predicted molar refractivity (Wildman–Crippen MR) is 261 cm³/mol. The van der Waals surface area contributed by atoms with Crippen molar-refractivity contribution in [1.82, 2.24) is 0 Å². The summed E-state index contributed by atoms with van der Waals surface area (Å²) in [5, 5.41) is 0. The molecule has 6 nitrogen and oxygen atoms in total. The van der Waals surface area contributed by atoms with Crippen LogP contribution in [-0.2, 0) is 28.6 Å². The van der Waals surface area contributed by atoms with Gasteiger partial charge in [0.2, 0.25) is 0 Å². The quantitative estimate of drug-likeness (QED) is 0.0263. The van der Waals surface area contributed by atoms with Crippen LogP contribution in [0.1, 0.15) is 226 Å². The number of hydrogen-bond acceptors (Lipinski definition) is 6. The molecule has 0 N–H and O–H groups in total. The summed E-state index contributed by atoms with van der Waals surface area (Å²) in [6.45, 7) is 6.38. The molecule has 0 radical (unpaired) electrons. The van der Waals surface area contributed by atoms with Crippen molar-refractivity contribution in [2.75, 3.05) is 13.2 Å². The van der Waals surface area contributed by atoms with Gasteiger partial charge in [-0.25, -0.2) is 0 Å². The maximum atomic E-state index is 12.7. The van der Waals surface area contributed by atoms with Gasteiger partial charge in [-0.05, 0) is 96.3 Å². The summed E-state index contributed by atoms with van der Waals surface area (Å²) >= 11 is 0. The fourth-order valence-corrected chi connectivity index (χ4v) is 6.61. The average molecular weight is 849 g/mol. The molecule has 0 rings (SSSR count). The SMILES string of the molecule is CC/C=C\C/C=C\C/C=C\C/C=C\CCCCCCC(=O)OC(COC(=O)CCCCCCC)COC(=O)CCCCCCCC/C=C\C/C=C\C/C=C\CCCCCCC.